The lowest BCUT2D eigenvalue weighted by atomic mass is 9.95. The normalized spacial score (nSPS) is 19.8. The summed E-state index contributed by atoms with van der Waals surface area (Å²) in [7, 11) is 0. The Morgan fingerprint density at radius 3 is 2.67 bits per heavy atom. The Balaban J connectivity index is 0.00000144. The molecule has 2 N–H and O–H groups in total. The van der Waals surface area contributed by atoms with Crippen LogP contribution in [0.3, 0.4) is 0 Å². The quantitative estimate of drug-likeness (QED) is 0.843. The fourth-order valence-corrected chi connectivity index (χ4v) is 3.63. The molecule has 0 spiro atoms. The number of nitrogens with one attached hydrogen (secondary N) is 2. The Hall–Kier alpha value is -1.14. The van der Waals surface area contributed by atoms with Gasteiger partial charge in [0.15, 0.2) is 0 Å². The molecule has 1 fully saturated rings. The molecule has 1 aromatic carbocycles. The minimum Gasteiger partial charge on any atom is -0.347 e. The Kier molecular flexibility index (Phi) is 8.16. The Bertz CT molecular complexity index is 663. The van der Waals surface area contributed by atoms with Crippen molar-refractivity contribution in [3.05, 3.63) is 40.2 Å². The Labute approximate surface area is 159 Å². The van der Waals surface area contributed by atoms with Crippen molar-refractivity contribution in [1.82, 2.24) is 15.6 Å². The summed E-state index contributed by atoms with van der Waals surface area (Å²) in [6, 6.07) is 10.1. The molecule has 4 nitrogen and oxygen atoms in total. The summed E-state index contributed by atoms with van der Waals surface area (Å²) in [5, 5.41) is 7.44. The van der Waals surface area contributed by atoms with Gasteiger partial charge < -0.3 is 10.6 Å². The highest BCUT2D eigenvalue weighted by Gasteiger charge is 2.25. The smallest absolute Gasteiger partial charge is 0.263 e. The van der Waals surface area contributed by atoms with E-state index in [0.717, 1.165) is 35.8 Å². The van der Waals surface area contributed by atoms with Gasteiger partial charge in [-0.25, -0.2) is 4.98 Å². The van der Waals surface area contributed by atoms with Crippen molar-refractivity contribution in [2.75, 3.05) is 13.1 Å². The molecule has 2 aromatic rings. The SMILES string of the molecule is Cc1nc(-c2ccccc2)c(C(=O)NC2CNCCC2C)s1.Cl.Cl. The van der Waals surface area contributed by atoms with Crippen molar-refractivity contribution in [3.63, 3.8) is 0 Å². The number of halogens is 2. The van der Waals surface area contributed by atoms with E-state index in [1.807, 2.05) is 37.3 Å². The van der Waals surface area contributed by atoms with Crippen LogP contribution in [0, 0.1) is 12.8 Å². The standard InChI is InChI=1S/C17H21N3OS.2ClH/c1-11-8-9-18-10-14(11)20-17(21)16-15(19-12(2)22-16)13-6-4-3-5-7-13;;/h3-7,11,14,18H,8-10H2,1-2H3,(H,20,21);2*1H. The van der Waals surface area contributed by atoms with Crippen LogP contribution in [0.2, 0.25) is 0 Å². The number of carbonyl (C=O) groups is 1. The third-order valence-corrected chi connectivity index (χ3v) is 5.10. The van der Waals surface area contributed by atoms with E-state index in [0.29, 0.717) is 10.8 Å². The molecule has 1 saturated heterocycles. The van der Waals surface area contributed by atoms with Gasteiger partial charge in [0, 0.05) is 18.2 Å². The average molecular weight is 388 g/mol. The molecule has 1 aliphatic heterocycles. The van der Waals surface area contributed by atoms with Crippen LogP contribution in [-0.4, -0.2) is 30.0 Å². The topological polar surface area (TPSA) is 54.0 Å². The molecular weight excluding hydrogens is 365 g/mol. The number of thiazole rings is 1. The van der Waals surface area contributed by atoms with Crippen LogP contribution in [0.5, 0.6) is 0 Å². The summed E-state index contributed by atoms with van der Waals surface area (Å²) in [6.07, 6.45) is 1.10. The van der Waals surface area contributed by atoms with Gasteiger partial charge in [0.05, 0.1) is 10.7 Å². The molecule has 1 amide bonds. The monoisotopic (exact) mass is 387 g/mol. The number of hydrogen-bond acceptors (Lipinski definition) is 4. The van der Waals surface area contributed by atoms with Crippen LogP contribution in [0.1, 0.15) is 28.0 Å². The predicted octanol–water partition coefficient (Wildman–Crippen LogP) is 3.69. The van der Waals surface area contributed by atoms with Crippen molar-refractivity contribution in [2.24, 2.45) is 5.92 Å². The van der Waals surface area contributed by atoms with Gasteiger partial charge in [-0.15, -0.1) is 36.2 Å². The van der Waals surface area contributed by atoms with E-state index >= 15 is 0 Å². The number of amides is 1. The largest absolute Gasteiger partial charge is 0.347 e. The molecule has 0 aliphatic carbocycles. The van der Waals surface area contributed by atoms with Crippen molar-refractivity contribution in [1.29, 1.82) is 0 Å². The lowest BCUT2D eigenvalue weighted by Gasteiger charge is -2.30. The van der Waals surface area contributed by atoms with Gasteiger partial charge in [-0.1, -0.05) is 37.3 Å². The summed E-state index contributed by atoms with van der Waals surface area (Å²) in [6.45, 7) is 6.01. The first kappa shape index (κ1) is 20.9. The minimum atomic E-state index is -0.00926. The first-order valence-electron chi connectivity index (χ1n) is 7.69. The number of benzene rings is 1. The first-order chi connectivity index (χ1) is 10.6. The van der Waals surface area contributed by atoms with Crippen LogP contribution in [0.4, 0.5) is 0 Å². The van der Waals surface area contributed by atoms with Gasteiger partial charge in [0.2, 0.25) is 0 Å². The summed E-state index contributed by atoms with van der Waals surface area (Å²) in [4.78, 5) is 18.0. The molecular formula is C17H23Cl2N3OS. The molecule has 2 atom stereocenters. The lowest BCUT2D eigenvalue weighted by Crippen LogP contribution is -2.50. The van der Waals surface area contributed by atoms with Gasteiger partial charge in [0.25, 0.3) is 5.91 Å². The molecule has 2 heterocycles. The summed E-state index contributed by atoms with van der Waals surface area (Å²) in [5.41, 5.74) is 1.78. The fraction of sp³-hybridized carbons (Fsp3) is 0.412. The molecule has 0 saturated carbocycles. The maximum absolute atomic E-state index is 12.7. The first-order valence-corrected chi connectivity index (χ1v) is 8.51. The molecule has 2 unspecified atom stereocenters. The van der Waals surface area contributed by atoms with Gasteiger partial charge in [0.1, 0.15) is 4.88 Å². The minimum absolute atomic E-state index is 0. The molecule has 1 aromatic heterocycles. The molecule has 3 rings (SSSR count). The maximum Gasteiger partial charge on any atom is 0.263 e. The van der Waals surface area contributed by atoms with E-state index in [2.05, 4.69) is 22.5 Å². The summed E-state index contributed by atoms with van der Waals surface area (Å²) in [5.74, 6) is 0.490. The zero-order chi connectivity index (χ0) is 15.5. The van der Waals surface area contributed by atoms with E-state index < -0.39 is 0 Å². The third-order valence-electron chi connectivity index (χ3n) is 4.13. The van der Waals surface area contributed by atoms with Gasteiger partial charge >= 0.3 is 0 Å². The molecule has 1 aliphatic rings. The van der Waals surface area contributed by atoms with Gasteiger partial charge in [-0.3, -0.25) is 4.79 Å². The highest BCUT2D eigenvalue weighted by atomic mass is 35.5. The van der Waals surface area contributed by atoms with Crippen molar-refractivity contribution < 1.29 is 4.79 Å². The third kappa shape index (κ3) is 4.70. The number of aromatic nitrogens is 1. The number of piperidine rings is 1. The predicted molar refractivity (Wildman–Crippen MR) is 105 cm³/mol. The zero-order valence-electron chi connectivity index (χ0n) is 13.7. The maximum atomic E-state index is 12.7. The second kappa shape index (κ2) is 9.37. The Morgan fingerprint density at radius 1 is 1.29 bits per heavy atom. The van der Waals surface area contributed by atoms with Crippen LogP contribution in [0.25, 0.3) is 11.3 Å². The van der Waals surface area contributed by atoms with E-state index in [1.165, 1.54) is 11.3 Å². The van der Waals surface area contributed by atoms with Crippen molar-refractivity contribution in [3.8, 4) is 11.3 Å². The Morgan fingerprint density at radius 2 is 2.00 bits per heavy atom. The van der Waals surface area contributed by atoms with Crippen molar-refractivity contribution >= 4 is 42.1 Å². The van der Waals surface area contributed by atoms with E-state index in [1.54, 1.807) is 0 Å². The second-order valence-corrected chi connectivity index (χ2v) is 7.03. The van der Waals surface area contributed by atoms with Crippen LogP contribution < -0.4 is 10.6 Å². The lowest BCUT2D eigenvalue weighted by molar-refractivity contribution is 0.0920. The highest BCUT2D eigenvalue weighted by Crippen LogP contribution is 2.28. The zero-order valence-corrected chi connectivity index (χ0v) is 16.2. The van der Waals surface area contributed by atoms with E-state index in [-0.39, 0.29) is 36.8 Å². The second-order valence-electron chi connectivity index (χ2n) is 5.83. The average Bonchev–Trinajstić information content (AvgIpc) is 2.92. The van der Waals surface area contributed by atoms with Gasteiger partial charge in [-0.2, -0.15) is 0 Å². The molecule has 132 valence electrons. The number of aryl methyl sites for hydroxylation is 1. The van der Waals surface area contributed by atoms with Crippen LogP contribution in [-0.2, 0) is 0 Å². The van der Waals surface area contributed by atoms with E-state index in [4.69, 9.17) is 0 Å². The molecule has 0 bridgehead atoms. The number of hydrogen-bond donors (Lipinski definition) is 2. The molecule has 24 heavy (non-hydrogen) atoms. The number of nitrogens with zero attached hydrogens (tertiary/aromatic N) is 1. The van der Waals surface area contributed by atoms with Crippen LogP contribution >= 0.6 is 36.2 Å². The molecule has 0 radical (unpaired) electrons. The number of carbonyl (C=O) groups excluding carboxylic acids is 1. The summed E-state index contributed by atoms with van der Waals surface area (Å²) >= 11 is 1.46. The fourth-order valence-electron chi connectivity index (χ4n) is 2.79. The van der Waals surface area contributed by atoms with E-state index in [9.17, 15) is 4.79 Å². The van der Waals surface area contributed by atoms with Gasteiger partial charge in [-0.05, 0) is 25.8 Å². The van der Waals surface area contributed by atoms with Crippen LogP contribution in [0.15, 0.2) is 30.3 Å². The van der Waals surface area contributed by atoms with Crippen molar-refractivity contribution in [2.45, 2.75) is 26.3 Å². The summed E-state index contributed by atoms with van der Waals surface area (Å²) < 4.78 is 0. The number of rotatable bonds is 3. The highest BCUT2D eigenvalue weighted by molar-refractivity contribution is 7.14. The molecule has 7 heteroatoms.